The Hall–Kier alpha value is -1.24. The third-order valence-electron chi connectivity index (χ3n) is 3.88. The van der Waals surface area contributed by atoms with Crippen molar-refractivity contribution in [2.75, 3.05) is 23.0 Å². The van der Waals surface area contributed by atoms with Crippen LogP contribution < -0.4 is 10.9 Å². The second kappa shape index (κ2) is 8.74. The molecule has 128 valence electrons. The van der Waals surface area contributed by atoms with E-state index in [-0.39, 0.29) is 5.56 Å². The summed E-state index contributed by atoms with van der Waals surface area (Å²) in [5, 5.41) is 3.55. The van der Waals surface area contributed by atoms with E-state index in [1.54, 1.807) is 6.07 Å². The number of thioether (sulfide) groups is 2. The number of benzene rings is 1. The Labute approximate surface area is 151 Å². The highest BCUT2D eigenvalue weighted by Gasteiger charge is 2.13. The van der Waals surface area contributed by atoms with Crippen molar-refractivity contribution in [2.45, 2.75) is 25.9 Å². The van der Waals surface area contributed by atoms with Gasteiger partial charge in [-0.25, -0.2) is 4.98 Å². The van der Waals surface area contributed by atoms with Crippen molar-refractivity contribution in [3.63, 3.8) is 0 Å². The predicted octanol–water partition coefficient (Wildman–Crippen LogP) is 2.61. The van der Waals surface area contributed by atoms with Crippen molar-refractivity contribution in [3.8, 4) is 0 Å². The van der Waals surface area contributed by atoms with Gasteiger partial charge in [-0.15, -0.1) is 0 Å². The van der Waals surface area contributed by atoms with Gasteiger partial charge in [0.15, 0.2) is 0 Å². The first-order chi connectivity index (χ1) is 11.7. The maximum absolute atomic E-state index is 11.9. The molecule has 0 bridgehead atoms. The fourth-order valence-corrected chi connectivity index (χ4v) is 5.20. The molecule has 2 N–H and O–H groups in total. The summed E-state index contributed by atoms with van der Waals surface area (Å²) in [6, 6.07) is 10.4. The highest BCUT2D eigenvalue weighted by molar-refractivity contribution is 8.03. The number of aromatic amines is 1. The first-order valence-corrected chi connectivity index (χ1v) is 10.5. The largest absolute Gasteiger partial charge is 0.310 e. The van der Waals surface area contributed by atoms with E-state index in [1.807, 2.05) is 29.6 Å². The molecule has 1 aliphatic heterocycles. The second-order valence-electron chi connectivity index (χ2n) is 6.08. The van der Waals surface area contributed by atoms with E-state index < -0.39 is 0 Å². The first-order valence-electron chi connectivity index (χ1n) is 8.22. The van der Waals surface area contributed by atoms with Crippen molar-refractivity contribution in [1.29, 1.82) is 0 Å². The van der Waals surface area contributed by atoms with Crippen LogP contribution in [0.15, 0.2) is 35.1 Å². The number of nitrogens with zero attached hydrogens (tertiary/aromatic N) is 1. The summed E-state index contributed by atoms with van der Waals surface area (Å²) in [7, 11) is 0. The van der Waals surface area contributed by atoms with Crippen LogP contribution in [-0.2, 0) is 13.0 Å². The monoisotopic (exact) mass is 361 g/mol. The van der Waals surface area contributed by atoms with Crippen LogP contribution in [0.25, 0.3) is 0 Å². The minimum absolute atomic E-state index is 0.0749. The molecule has 1 saturated heterocycles. The molecule has 0 radical (unpaired) electrons. The third kappa shape index (κ3) is 5.40. The van der Waals surface area contributed by atoms with E-state index in [2.05, 4.69) is 40.4 Å². The molecule has 24 heavy (non-hydrogen) atoms. The summed E-state index contributed by atoms with van der Waals surface area (Å²) in [6.45, 7) is 2.72. The highest BCUT2D eigenvalue weighted by Crippen LogP contribution is 2.16. The van der Waals surface area contributed by atoms with Gasteiger partial charge >= 0.3 is 0 Å². The fourth-order valence-electron chi connectivity index (χ4n) is 2.74. The van der Waals surface area contributed by atoms with Crippen molar-refractivity contribution >= 4 is 23.5 Å². The van der Waals surface area contributed by atoms with Crippen LogP contribution in [0.2, 0.25) is 0 Å². The molecule has 1 aromatic carbocycles. The highest BCUT2D eigenvalue weighted by atomic mass is 32.2. The van der Waals surface area contributed by atoms with Gasteiger partial charge in [-0.1, -0.05) is 29.8 Å². The Morgan fingerprint density at radius 3 is 2.79 bits per heavy atom. The van der Waals surface area contributed by atoms with Gasteiger partial charge < -0.3 is 10.3 Å². The Morgan fingerprint density at radius 2 is 2.04 bits per heavy atom. The maximum Gasteiger partial charge on any atom is 0.251 e. The summed E-state index contributed by atoms with van der Waals surface area (Å²) in [5.41, 5.74) is 3.13. The molecule has 1 aliphatic rings. The lowest BCUT2D eigenvalue weighted by molar-refractivity contribution is 0.592. The van der Waals surface area contributed by atoms with E-state index in [0.29, 0.717) is 19.0 Å². The van der Waals surface area contributed by atoms with E-state index >= 15 is 0 Å². The maximum atomic E-state index is 11.9. The summed E-state index contributed by atoms with van der Waals surface area (Å²) >= 11 is 3.99. The minimum Gasteiger partial charge on any atom is -0.310 e. The molecule has 1 aromatic heterocycles. The lowest BCUT2D eigenvalue weighted by atomic mass is 10.1. The number of nitrogens with one attached hydrogen (secondary N) is 2. The van der Waals surface area contributed by atoms with E-state index in [1.165, 1.54) is 22.6 Å². The van der Waals surface area contributed by atoms with Crippen molar-refractivity contribution in [3.05, 3.63) is 63.3 Å². The quantitative estimate of drug-likeness (QED) is 0.857. The van der Waals surface area contributed by atoms with Crippen LogP contribution in [0.5, 0.6) is 0 Å². The Kier molecular flexibility index (Phi) is 6.40. The molecular weight excluding hydrogens is 338 g/mol. The molecule has 1 fully saturated rings. The zero-order valence-corrected chi connectivity index (χ0v) is 15.5. The Morgan fingerprint density at radius 1 is 1.25 bits per heavy atom. The normalized spacial score (nSPS) is 16.0. The zero-order chi connectivity index (χ0) is 16.8. The average Bonchev–Trinajstić information content (AvgIpc) is 2.81. The molecular formula is C18H23N3OS2. The topological polar surface area (TPSA) is 57.8 Å². The van der Waals surface area contributed by atoms with Gasteiger partial charge in [-0.05, 0) is 12.5 Å². The van der Waals surface area contributed by atoms with Gasteiger partial charge in [0.1, 0.15) is 5.82 Å². The van der Waals surface area contributed by atoms with Crippen LogP contribution in [0, 0.1) is 6.92 Å². The van der Waals surface area contributed by atoms with Crippen LogP contribution in [-0.4, -0.2) is 39.0 Å². The standard InChI is InChI=1S/C18H23N3OS2/c1-13-3-2-4-14(7-13)8-17-20-15(9-18(22)21-17)10-19-16-11-23-5-6-24-12-16/h2-4,7,9,16,19H,5-6,8,10-12H2,1H3,(H,20,21,22). The number of aryl methyl sites for hydroxylation is 1. The summed E-state index contributed by atoms with van der Waals surface area (Å²) in [5.74, 6) is 5.45. The Bertz CT molecular complexity index is 724. The van der Waals surface area contributed by atoms with Gasteiger partial charge in [-0.2, -0.15) is 23.5 Å². The van der Waals surface area contributed by atoms with Gasteiger partial charge in [-0.3, -0.25) is 4.79 Å². The molecule has 0 amide bonds. The Balaban J connectivity index is 1.66. The van der Waals surface area contributed by atoms with Crippen LogP contribution in [0.4, 0.5) is 0 Å². The zero-order valence-electron chi connectivity index (χ0n) is 13.9. The number of rotatable bonds is 5. The van der Waals surface area contributed by atoms with Crippen molar-refractivity contribution in [1.82, 2.24) is 15.3 Å². The molecule has 0 unspecified atom stereocenters. The van der Waals surface area contributed by atoms with E-state index in [4.69, 9.17) is 0 Å². The minimum atomic E-state index is -0.0749. The van der Waals surface area contributed by atoms with Gasteiger partial charge in [0.25, 0.3) is 5.56 Å². The fraction of sp³-hybridized carbons (Fsp3) is 0.444. The number of hydrogen-bond acceptors (Lipinski definition) is 5. The summed E-state index contributed by atoms with van der Waals surface area (Å²) < 4.78 is 0. The lowest BCUT2D eigenvalue weighted by Gasteiger charge is -2.15. The lowest BCUT2D eigenvalue weighted by Crippen LogP contribution is -2.33. The van der Waals surface area contributed by atoms with Crippen LogP contribution in [0.1, 0.15) is 22.6 Å². The SMILES string of the molecule is Cc1cccc(Cc2nc(CNC3CSCCSC3)cc(=O)[nH]2)c1. The van der Waals surface area contributed by atoms with E-state index in [0.717, 1.165) is 23.0 Å². The average molecular weight is 362 g/mol. The number of hydrogen-bond donors (Lipinski definition) is 2. The number of aromatic nitrogens is 2. The molecule has 6 heteroatoms. The first kappa shape index (κ1) is 17.6. The molecule has 0 spiro atoms. The van der Waals surface area contributed by atoms with Gasteiger partial charge in [0, 0.05) is 48.1 Å². The number of H-pyrrole nitrogens is 1. The summed E-state index contributed by atoms with van der Waals surface area (Å²) in [6.07, 6.45) is 0.653. The molecule has 0 atom stereocenters. The molecule has 3 rings (SSSR count). The van der Waals surface area contributed by atoms with E-state index in [9.17, 15) is 4.79 Å². The third-order valence-corrected chi connectivity index (χ3v) is 6.40. The smallest absolute Gasteiger partial charge is 0.251 e. The molecule has 0 saturated carbocycles. The van der Waals surface area contributed by atoms with Crippen LogP contribution in [0.3, 0.4) is 0 Å². The van der Waals surface area contributed by atoms with Crippen molar-refractivity contribution in [2.24, 2.45) is 0 Å². The predicted molar refractivity (Wildman–Crippen MR) is 104 cm³/mol. The molecule has 4 nitrogen and oxygen atoms in total. The van der Waals surface area contributed by atoms with Gasteiger partial charge in [0.2, 0.25) is 0 Å². The van der Waals surface area contributed by atoms with Gasteiger partial charge in [0.05, 0.1) is 5.69 Å². The second-order valence-corrected chi connectivity index (χ2v) is 8.38. The van der Waals surface area contributed by atoms with Crippen LogP contribution >= 0.6 is 23.5 Å². The molecule has 2 heterocycles. The van der Waals surface area contributed by atoms with Crippen molar-refractivity contribution < 1.29 is 0 Å². The summed E-state index contributed by atoms with van der Waals surface area (Å²) in [4.78, 5) is 19.4. The molecule has 2 aromatic rings. The molecule has 0 aliphatic carbocycles.